The maximum Gasteiger partial charge on any atom is 0.458 e. The number of carbonyl (C=O) groups excluding carboxylic acids is 1. The molecular weight excluding hydrogens is 523 g/mol. The maximum atomic E-state index is 13.5. The molecule has 1 unspecified atom stereocenters. The molecule has 1 aliphatic rings. The lowest BCUT2D eigenvalue weighted by molar-refractivity contribution is -0.147. The molecule has 0 radical (unpaired) electrons. The molecule has 1 aromatic carbocycles. The SMILES string of the molecule is CC(C)C(=O)OCCNP(=O)(OC[C@H]1O[C@@](C#N)(n2ccc(=O)[nH]c2=O)[C@H](O)[C@@]1(C)O)Oc1ccccc1. The normalized spacial score (nSPS) is 26.4. The van der Waals surface area contributed by atoms with Crippen LogP contribution in [0.15, 0.2) is 52.2 Å². The summed E-state index contributed by atoms with van der Waals surface area (Å²) in [5, 5.41) is 34.3. The zero-order valence-corrected chi connectivity index (χ0v) is 21.8. The summed E-state index contributed by atoms with van der Waals surface area (Å²) in [4.78, 5) is 37.5. The molecule has 1 aliphatic heterocycles. The van der Waals surface area contributed by atoms with Crippen LogP contribution in [0, 0.1) is 17.2 Å². The quantitative estimate of drug-likeness (QED) is 0.168. The van der Waals surface area contributed by atoms with Gasteiger partial charge in [-0.1, -0.05) is 32.0 Å². The fourth-order valence-corrected chi connectivity index (χ4v) is 4.88. The molecule has 2 aromatic rings. The van der Waals surface area contributed by atoms with Crippen LogP contribution in [0.25, 0.3) is 0 Å². The van der Waals surface area contributed by atoms with E-state index >= 15 is 0 Å². The first-order valence-electron chi connectivity index (χ1n) is 11.6. The topological polar surface area (TPSA) is 202 Å². The van der Waals surface area contributed by atoms with Crippen LogP contribution in [-0.4, -0.2) is 63.3 Å². The van der Waals surface area contributed by atoms with E-state index in [0.717, 1.165) is 19.2 Å². The molecule has 1 aromatic heterocycles. The number of hydrogen-bond donors (Lipinski definition) is 4. The van der Waals surface area contributed by atoms with Crippen LogP contribution >= 0.6 is 7.75 Å². The first-order valence-corrected chi connectivity index (χ1v) is 13.1. The highest BCUT2D eigenvalue weighted by molar-refractivity contribution is 7.52. The zero-order chi connectivity index (χ0) is 28.1. The van der Waals surface area contributed by atoms with Gasteiger partial charge in [0.1, 0.15) is 36.2 Å². The Morgan fingerprint density at radius 1 is 1.32 bits per heavy atom. The fraction of sp³-hybridized carbons (Fsp3) is 0.478. The summed E-state index contributed by atoms with van der Waals surface area (Å²) < 4.78 is 35.9. The van der Waals surface area contributed by atoms with Gasteiger partial charge in [0.15, 0.2) is 0 Å². The first-order chi connectivity index (χ1) is 17.8. The van der Waals surface area contributed by atoms with Gasteiger partial charge in [0.25, 0.3) is 11.3 Å². The Kier molecular flexibility index (Phi) is 8.94. The number of nitrogens with one attached hydrogen (secondary N) is 2. The van der Waals surface area contributed by atoms with Crippen molar-refractivity contribution in [3.05, 3.63) is 63.4 Å². The van der Waals surface area contributed by atoms with Crippen LogP contribution in [0.3, 0.4) is 0 Å². The zero-order valence-electron chi connectivity index (χ0n) is 20.9. The van der Waals surface area contributed by atoms with Crippen molar-refractivity contribution in [3.63, 3.8) is 0 Å². The first kappa shape index (κ1) is 29.2. The molecule has 3 rings (SSSR count). The number of hydrogen-bond acceptors (Lipinski definition) is 11. The van der Waals surface area contributed by atoms with Gasteiger partial charge in [0.05, 0.1) is 12.5 Å². The average Bonchev–Trinajstić information content (AvgIpc) is 3.06. The lowest BCUT2D eigenvalue weighted by Gasteiger charge is -2.29. The molecule has 1 fully saturated rings. The van der Waals surface area contributed by atoms with Crippen molar-refractivity contribution >= 4 is 13.7 Å². The van der Waals surface area contributed by atoms with Gasteiger partial charge >= 0.3 is 19.4 Å². The monoisotopic (exact) mass is 552 g/mol. The minimum atomic E-state index is -4.20. The predicted octanol–water partition coefficient (Wildman–Crippen LogP) is 0.216. The van der Waals surface area contributed by atoms with Crippen molar-refractivity contribution in [2.24, 2.45) is 5.92 Å². The number of aliphatic hydroxyl groups excluding tert-OH is 1. The number of carbonyl (C=O) groups is 1. The molecule has 0 saturated carbocycles. The van der Waals surface area contributed by atoms with Gasteiger partial charge in [-0.2, -0.15) is 5.26 Å². The molecule has 2 heterocycles. The van der Waals surface area contributed by atoms with Crippen molar-refractivity contribution in [1.82, 2.24) is 14.6 Å². The second kappa shape index (κ2) is 11.6. The van der Waals surface area contributed by atoms with Gasteiger partial charge in [0, 0.05) is 18.8 Å². The van der Waals surface area contributed by atoms with Crippen molar-refractivity contribution < 1.29 is 38.1 Å². The third-order valence-corrected chi connectivity index (χ3v) is 7.28. The second-order valence-corrected chi connectivity index (χ2v) is 10.7. The average molecular weight is 552 g/mol. The summed E-state index contributed by atoms with van der Waals surface area (Å²) in [6.07, 6.45) is -2.55. The Labute approximate surface area is 217 Å². The van der Waals surface area contributed by atoms with Crippen LogP contribution in [0.2, 0.25) is 0 Å². The van der Waals surface area contributed by atoms with E-state index in [2.05, 4.69) is 5.09 Å². The molecule has 206 valence electrons. The Bertz CT molecular complexity index is 1340. The maximum absolute atomic E-state index is 13.5. The van der Waals surface area contributed by atoms with Crippen LogP contribution in [-0.2, 0) is 29.1 Å². The van der Waals surface area contributed by atoms with Crippen LogP contribution < -0.4 is 20.9 Å². The standard InChI is InChI=1S/C23H29N4O10P/c1-15(2)19(29)34-12-10-25-38(33,37-16-7-5-4-6-8-16)35-13-17-22(3,32)20(30)23(14-24,36-17)27-11-9-18(28)26-21(27)31/h4-9,11,15,17,20,30,32H,10,12-13H2,1-3H3,(H,25,33)(H,26,28,31)/t17-,20-,22+,23-,38?/m1/s1. The smallest absolute Gasteiger partial charge is 0.458 e. The Morgan fingerprint density at radius 3 is 2.61 bits per heavy atom. The number of rotatable bonds is 11. The number of aromatic amines is 1. The highest BCUT2D eigenvalue weighted by Gasteiger charge is 2.63. The highest BCUT2D eigenvalue weighted by atomic mass is 31.2. The lowest BCUT2D eigenvalue weighted by atomic mass is 9.90. The molecule has 15 heteroatoms. The number of aromatic nitrogens is 2. The number of aliphatic hydroxyl groups is 2. The van der Waals surface area contributed by atoms with Gasteiger partial charge in [-0.05, 0) is 19.1 Å². The Hall–Kier alpha value is -3.31. The molecule has 38 heavy (non-hydrogen) atoms. The minimum Gasteiger partial charge on any atom is -0.464 e. The molecule has 0 aliphatic carbocycles. The highest BCUT2D eigenvalue weighted by Crippen LogP contribution is 2.47. The van der Waals surface area contributed by atoms with Crippen molar-refractivity contribution in [1.29, 1.82) is 5.26 Å². The lowest BCUT2D eigenvalue weighted by Crippen LogP contribution is -2.54. The summed E-state index contributed by atoms with van der Waals surface area (Å²) >= 11 is 0. The number of H-pyrrole nitrogens is 1. The van der Waals surface area contributed by atoms with E-state index in [1.54, 1.807) is 38.1 Å². The summed E-state index contributed by atoms with van der Waals surface area (Å²) in [6, 6.07) is 10.6. The summed E-state index contributed by atoms with van der Waals surface area (Å²) in [5.41, 5.74) is -6.44. The van der Waals surface area contributed by atoms with Crippen LogP contribution in [0.1, 0.15) is 20.8 Å². The van der Waals surface area contributed by atoms with Gasteiger partial charge < -0.3 is 24.2 Å². The van der Waals surface area contributed by atoms with Gasteiger partial charge in [-0.15, -0.1) is 0 Å². The number of esters is 1. The van der Waals surface area contributed by atoms with Crippen molar-refractivity contribution in [2.45, 2.75) is 44.3 Å². The number of nitriles is 1. The van der Waals surface area contributed by atoms with E-state index in [1.807, 2.05) is 4.98 Å². The van der Waals surface area contributed by atoms with Gasteiger partial charge in [-0.25, -0.2) is 14.4 Å². The minimum absolute atomic E-state index is 0.123. The molecule has 14 nitrogen and oxygen atoms in total. The van der Waals surface area contributed by atoms with Crippen molar-refractivity contribution in [3.8, 4) is 11.8 Å². The van der Waals surface area contributed by atoms with E-state index in [9.17, 15) is 34.4 Å². The number of ether oxygens (including phenoxy) is 2. The molecule has 0 amide bonds. The molecule has 0 bridgehead atoms. The molecule has 4 N–H and O–H groups in total. The molecule has 0 spiro atoms. The Balaban J connectivity index is 1.81. The fourth-order valence-electron chi connectivity index (χ4n) is 3.58. The number of benzene rings is 1. The van der Waals surface area contributed by atoms with E-state index in [0.29, 0.717) is 4.57 Å². The largest absolute Gasteiger partial charge is 0.464 e. The van der Waals surface area contributed by atoms with Crippen molar-refractivity contribution in [2.75, 3.05) is 19.8 Å². The third kappa shape index (κ3) is 6.21. The summed E-state index contributed by atoms with van der Waals surface area (Å²) in [7, 11) is -4.20. The van der Waals surface area contributed by atoms with Gasteiger partial charge in [-0.3, -0.25) is 23.7 Å². The predicted molar refractivity (Wildman–Crippen MR) is 131 cm³/mol. The van der Waals surface area contributed by atoms with E-state index in [1.165, 1.54) is 12.1 Å². The van der Waals surface area contributed by atoms with E-state index < -0.39 is 55.1 Å². The van der Waals surface area contributed by atoms with Crippen LogP contribution in [0.4, 0.5) is 0 Å². The number of para-hydroxylation sites is 1. The molecule has 5 atom stereocenters. The summed E-state index contributed by atoms with van der Waals surface area (Å²) in [6.45, 7) is 3.52. The second-order valence-electron chi connectivity index (χ2n) is 8.95. The number of nitrogens with zero attached hydrogens (tertiary/aromatic N) is 2. The molecular formula is C23H29N4O10P. The Morgan fingerprint density at radius 2 is 2.00 bits per heavy atom. The van der Waals surface area contributed by atoms with Gasteiger partial charge in [0.2, 0.25) is 0 Å². The summed E-state index contributed by atoms with van der Waals surface area (Å²) in [5.74, 6) is -0.642. The van der Waals surface area contributed by atoms with E-state index in [4.69, 9.17) is 18.5 Å². The molecule has 1 saturated heterocycles. The third-order valence-electron chi connectivity index (χ3n) is 5.73. The van der Waals surface area contributed by atoms with E-state index in [-0.39, 0.29) is 24.8 Å². The van der Waals surface area contributed by atoms with Crippen LogP contribution in [0.5, 0.6) is 5.75 Å².